The third-order valence-corrected chi connectivity index (χ3v) is 4.16. The molecule has 0 spiro atoms. The average Bonchev–Trinajstić information content (AvgIpc) is 3.18. The van der Waals surface area contributed by atoms with Crippen LogP contribution in [0.5, 0.6) is 5.75 Å². The molecule has 2 aromatic rings. The number of aryl methyl sites for hydroxylation is 1. The molecule has 0 unspecified atom stereocenters. The topological polar surface area (TPSA) is 72.7 Å². The van der Waals surface area contributed by atoms with Crippen molar-refractivity contribution in [2.24, 2.45) is 4.99 Å². The van der Waals surface area contributed by atoms with Gasteiger partial charge in [-0.3, -0.25) is 9.67 Å². The van der Waals surface area contributed by atoms with Gasteiger partial charge in [0.05, 0.1) is 6.61 Å². The molecular formula is C19H27FIN5O2. The van der Waals surface area contributed by atoms with Gasteiger partial charge in [-0.15, -0.1) is 24.0 Å². The second-order valence-corrected chi connectivity index (χ2v) is 6.22. The van der Waals surface area contributed by atoms with E-state index in [0.717, 1.165) is 42.3 Å². The molecule has 1 aliphatic heterocycles. The van der Waals surface area contributed by atoms with Gasteiger partial charge in [-0.05, 0) is 43.5 Å². The number of hydrogen-bond acceptors (Lipinski definition) is 4. The molecule has 0 atom stereocenters. The Hall–Kier alpha value is -1.88. The van der Waals surface area contributed by atoms with Gasteiger partial charge in [-0.25, -0.2) is 4.39 Å². The zero-order valence-corrected chi connectivity index (χ0v) is 18.3. The Morgan fingerprint density at radius 3 is 3.04 bits per heavy atom. The lowest BCUT2D eigenvalue weighted by atomic mass is 10.1. The maximum Gasteiger partial charge on any atom is 0.191 e. The third kappa shape index (κ3) is 6.62. The highest BCUT2D eigenvalue weighted by Gasteiger charge is 2.16. The van der Waals surface area contributed by atoms with Gasteiger partial charge in [0.15, 0.2) is 12.8 Å². The van der Waals surface area contributed by atoms with Crippen LogP contribution in [0.15, 0.2) is 35.6 Å². The molecule has 0 aliphatic carbocycles. The predicted octanol–water partition coefficient (Wildman–Crippen LogP) is 2.69. The summed E-state index contributed by atoms with van der Waals surface area (Å²) in [5.41, 5.74) is 1.60. The van der Waals surface area contributed by atoms with E-state index in [1.165, 1.54) is 12.1 Å². The van der Waals surface area contributed by atoms with Gasteiger partial charge in [-0.2, -0.15) is 5.10 Å². The van der Waals surface area contributed by atoms with Gasteiger partial charge in [0.25, 0.3) is 0 Å². The van der Waals surface area contributed by atoms with E-state index < -0.39 is 0 Å². The largest absolute Gasteiger partial charge is 0.467 e. The minimum Gasteiger partial charge on any atom is -0.467 e. The lowest BCUT2D eigenvalue weighted by molar-refractivity contribution is -0.0172. The molecule has 9 heteroatoms. The number of halogens is 2. The molecule has 0 fully saturated rings. The Labute approximate surface area is 181 Å². The Balaban J connectivity index is 0.00000280. The van der Waals surface area contributed by atoms with E-state index in [4.69, 9.17) is 9.47 Å². The average molecular weight is 503 g/mol. The van der Waals surface area contributed by atoms with Crippen LogP contribution in [-0.2, 0) is 24.3 Å². The second kappa shape index (κ2) is 11.8. The molecule has 1 aromatic heterocycles. The molecular weight excluding hydrogens is 476 g/mol. The van der Waals surface area contributed by atoms with Gasteiger partial charge in [0, 0.05) is 44.1 Å². The SMILES string of the molecule is CCNC(=NCCCn1cccn1)NCCc1cc(F)cc2c1OCOC2.I. The molecule has 3 rings (SSSR count). The first kappa shape index (κ1) is 22.4. The van der Waals surface area contributed by atoms with Gasteiger partial charge in [0.1, 0.15) is 11.6 Å². The van der Waals surface area contributed by atoms with Crippen molar-refractivity contribution in [3.05, 3.63) is 47.5 Å². The molecule has 1 aliphatic rings. The Morgan fingerprint density at radius 2 is 2.25 bits per heavy atom. The van der Waals surface area contributed by atoms with E-state index in [0.29, 0.717) is 26.1 Å². The molecule has 1 aromatic carbocycles. The number of aromatic nitrogens is 2. The van der Waals surface area contributed by atoms with Crippen LogP contribution in [0.2, 0.25) is 0 Å². The number of benzene rings is 1. The molecule has 0 saturated heterocycles. The smallest absolute Gasteiger partial charge is 0.191 e. The number of guanidine groups is 1. The van der Waals surface area contributed by atoms with E-state index >= 15 is 0 Å². The number of nitrogens with one attached hydrogen (secondary N) is 2. The number of aliphatic imine (C=N–C) groups is 1. The zero-order chi connectivity index (χ0) is 18.9. The quantitative estimate of drug-likeness (QED) is 0.251. The van der Waals surface area contributed by atoms with Crippen molar-refractivity contribution in [1.82, 2.24) is 20.4 Å². The van der Waals surface area contributed by atoms with Crippen molar-refractivity contribution in [1.29, 1.82) is 0 Å². The number of nitrogens with zero attached hydrogens (tertiary/aromatic N) is 3. The number of fused-ring (bicyclic) bond motifs is 1. The van der Waals surface area contributed by atoms with E-state index in [9.17, 15) is 4.39 Å². The maximum atomic E-state index is 13.8. The van der Waals surface area contributed by atoms with Gasteiger partial charge in [-0.1, -0.05) is 0 Å². The van der Waals surface area contributed by atoms with Crippen LogP contribution in [-0.4, -0.2) is 42.2 Å². The summed E-state index contributed by atoms with van der Waals surface area (Å²) in [5, 5.41) is 10.7. The summed E-state index contributed by atoms with van der Waals surface area (Å²) in [7, 11) is 0. The minimum atomic E-state index is -0.267. The van der Waals surface area contributed by atoms with Crippen LogP contribution in [0.25, 0.3) is 0 Å². The van der Waals surface area contributed by atoms with Gasteiger partial charge in [0.2, 0.25) is 0 Å². The molecule has 28 heavy (non-hydrogen) atoms. The van der Waals surface area contributed by atoms with E-state index in [2.05, 4.69) is 20.7 Å². The van der Waals surface area contributed by atoms with Crippen LogP contribution in [0, 0.1) is 5.82 Å². The summed E-state index contributed by atoms with van der Waals surface area (Å²) >= 11 is 0. The Bertz CT molecular complexity index is 755. The molecule has 7 nitrogen and oxygen atoms in total. The third-order valence-electron chi connectivity index (χ3n) is 4.16. The monoisotopic (exact) mass is 503 g/mol. The minimum absolute atomic E-state index is 0. The first-order valence-corrected chi connectivity index (χ1v) is 9.27. The maximum absolute atomic E-state index is 13.8. The number of ether oxygens (including phenoxy) is 2. The number of rotatable bonds is 8. The molecule has 0 bridgehead atoms. The first-order valence-electron chi connectivity index (χ1n) is 9.27. The standard InChI is InChI=1S/C19H26FN5O2.HI/c1-2-21-19(22-6-3-9-25-10-4-7-24-25)23-8-5-15-11-17(20)12-16-13-26-14-27-18(15)16;/h4,7,10-12H,2-3,5-6,8-9,13-14H2,1H3,(H2,21,22,23);1H. The van der Waals surface area contributed by atoms with E-state index in [-0.39, 0.29) is 36.6 Å². The summed E-state index contributed by atoms with van der Waals surface area (Å²) in [5.74, 6) is 1.23. The van der Waals surface area contributed by atoms with E-state index in [1.807, 2.05) is 23.9 Å². The van der Waals surface area contributed by atoms with Gasteiger partial charge < -0.3 is 20.1 Å². The molecule has 154 valence electrons. The molecule has 0 amide bonds. The van der Waals surface area contributed by atoms with Crippen molar-refractivity contribution in [2.75, 3.05) is 26.4 Å². The van der Waals surface area contributed by atoms with E-state index in [1.54, 1.807) is 6.20 Å². The van der Waals surface area contributed by atoms with Gasteiger partial charge >= 0.3 is 0 Å². The second-order valence-electron chi connectivity index (χ2n) is 6.22. The summed E-state index contributed by atoms with van der Waals surface area (Å²) in [6.07, 6.45) is 5.26. The highest BCUT2D eigenvalue weighted by molar-refractivity contribution is 14.0. The lowest BCUT2D eigenvalue weighted by Crippen LogP contribution is -2.38. The lowest BCUT2D eigenvalue weighted by Gasteiger charge is -2.21. The fourth-order valence-corrected chi connectivity index (χ4v) is 2.96. The van der Waals surface area contributed by atoms with Crippen molar-refractivity contribution in [3.8, 4) is 5.75 Å². The van der Waals surface area contributed by atoms with Crippen molar-refractivity contribution >= 4 is 29.9 Å². The van der Waals surface area contributed by atoms with Crippen LogP contribution < -0.4 is 15.4 Å². The number of hydrogen-bond donors (Lipinski definition) is 2. The van der Waals surface area contributed by atoms with Crippen molar-refractivity contribution in [2.45, 2.75) is 32.9 Å². The molecule has 0 saturated carbocycles. The highest BCUT2D eigenvalue weighted by Crippen LogP contribution is 2.29. The molecule has 2 heterocycles. The first-order chi connectivity index (χ1) is 13.3. The highest BCUT2D eigenvalue weighted by atomic mass is 127. The molecule has 2 N–H and O–H groups in total. The Morgan fingerprint density at radius 1 is 1.36 bits per heavy atom. The predicted molar refractivity (Wildman–Crippen MR) is 117 cm³/mol. The molecule has 0 radical (unpaired) electrons. The summed E-state index contributed by atoms with van der Waals surface area (Å²) in [6.45, 7) is 5.56. The van der Waals surface area contributed by atoms with Crippen LogP contribution >= 0.6 is 24.0 Å². The fraction of sp³-hybridized carbons (Fsp3) is 0.474. The van der Waals surface area contributed by atoms with Crippen LogP contribution in [0.4, 0.5) is 4.39 Å². The zero-order valence-electron chi connectivity index (χ0n) is 16.0. The summed E-state index contributed by atoms with van der Waals surface area (Å²) in [6, 6.07) is 4.91. The van der Waals surface area contributed by atoms with Crippen LogP contribution in [0.3, 0.4) is 0 Å². The summed E-state index contributed by atoms with van der Waals surface area (Å²) in [4.78, 5) is 4.58. The van der Waals surface area contributed by atoms with Crippen molar-refractivity contribution in [3.63, 3.8) is 0 Å². The van der Waals surface area contributed by atoms with Crippen LogP contribution in [0.1, 0.15) is 24.5 Å². The van der Waals surface area contributed by atoms with Crippen molar-refractivity contribution < 1.29 is 13.9 Å². The Kier molecular flexibility index (Phi) is 9.48. The fourth-order valence-electron chi connectivity index (χ4n) is 2.96. The summed E-state index contributed by atoms with van der Waals surface area (Å²) < 4.78 is 26.5. The normalized spacial score (nSPS) is 13.3.